The van der Waals surface area contributed by atoms with Gasteiger partial charge < -0.3 is 19.7 Å². The van der Waals surface area contributed by atoms with Gasteiger partial charge in [0.05, 0.1) is 12.6 Å². The highest BCUT2D eigenvalue weighted by molar-refractivity contribution is 6.09. The number of pyridine rings is 1. The number of carbonyl (C=O) groups excluding carboxylic acids is 1. The summed E-state index contributed by atoms with van der Waals surface area (Å²) < 4.78 is 6.49. The number of ether oxygens (including phenoxy) is 1. The van der Waals surface area contributed by atoms with Gasteiger partial charge >= 0.3 is 0 Å². The lowest BCUT2D eigenvalue weighted by Crippen LogP contribution is -2.28. The normalized spacial score (nSPS) is 10.7. The highest BCUT2D eigenvalue weighted by Crippen LogP contribution is 2.29. The molecule has 0 unspecified atom stereocenters. The maximum atomic E-state index is 12.6. The number of rotatable bonds is 3. The largest absolute Gasteiger partial charge is 0.506 e. The predicted molar refractivity (Wildman–Crippen MR) is 96.5 cm³/mol. The molecule has 0 radical (unpaired) electrons. The van der Waals surface area contributed by atoms with Crippen LogP contribution in [0.3, 0.4) is 0 Å². The second-order valence-electron chi connectivity index (χ2n) is 5.79. The zero-order chi connectivity index (χ0) is 18.1. The third-order valence-electron chi connectivity index (χ3n) is 4.11. The third-order valence-corrected chi connectivity index (χ3v) is 4.11. The van der Waals surface area contributed by atoms with Gasteiger partial charge in [-0.3, -0.25) is 9.59 Å². The molecule has 0 aliphatic rings. The molecule has 3 aromatic rings. The van der Waals surface area contributed by atoms with Crippen molar-refractivity contribution in [2.45, 2.75) is 6.92 Å². The molecule has 1 heterocycles. The van der Waals surface area contributed by atoms with Crippen molar-refractivity contribution in [2.75, 3.05) is 12.4 Å². The molecule has 3 rings (SSSR count). The Balaban J connectivity index is 2.13. The van der Waals surface area contributed by atoms with Crippen LogP contribution in [-0.2, 0) is 7.05 Å². The van der Waals surface area contributed by atoms with E-state index in [1.807, 2.05) is 19.1 Å². The van der Waals surface area contributed by atoms with Gasteiger partial charge in [-0.2, -0.15) is 0 Å². The van der Waals surface area contributed by atoms with Crippen molar-refractivity contribution in [3.8, 4) is 11.5 Å². The molecule has 0 fully saturated rings. The van der Waals surface area contributed by atoms with Crippen LogP contribution in [0, 0.1) is 6.92 Å². The quantitative estimate of drug-likeness (QED) is 0.769. The van der Waals surface area contributed by atoms with Crippen LogP contribution in [0.1, 0.15) is 15.9 Å². The molecule has 0 aliphatic carbocycles. The number of nitrogens with zero attached hydrogens (tertiary/aromatic N) is 1. The van der Waals surface area contributed by atoms with Crippen LogP contribution in [0.4, 0.5) is 5.69 Å². The summed E-state index contributed by atoms with van der Waals surface area (Å²) in [6, 6.07) is 12.1. The lowest BCUT2D eigenvalue weighted by atomic mass is 10.1. The van der Waals surface area contributed by atoms with E-state index in [0.717, 1.165) is 5.56 Å². The van der Waals surface area contributed by atoms with E-state index in [9.17, 15) is 14.7 Å². The minimum absolute atomic E-state index is 0.302. The number of carbonyl (C=O) groups is 1. The number of methoxy groups -OCH3 is 1. The first-order chi connectivity index (χ1) is 11.9. The number of hydrogen-bond donors (Lipinski definition) is 2. The Kier molecular flexibility index (Phi) is 4.19. The lowest BCUT2D eigenvalue weighted by molar-refractivity contribution is 0.102. The molecule has 0 spiro atoms. The molecular formula is C19H18N2O4. The van der Waals surface area contributed by atoms with E-state index in [1.54, 1.807) is 37.4 Å². The second kappa shape index (κ2) is 6.32. The summed E-state index contributed by atoms with van der Waals surface area (Å²) in [6.07, 6.45) is 0. The number of aromatic hydroxyl groups is 1. The van der Waals surface area contributed by atoms with Crippen LogP contribution >= 0.6 is 0 Å². The smallest absolute Gasteiger partial charge is 0.267 e. The molecule has 1 amide bonds. The fourth-order valence-corrected chi connectivity index (χ4v) is 2.67. The van der Waals surface area contributed by atoms with E-state index in [-0.39, 0.29) is 11.3 Å². The number of fused-ring (bicyclic) bond motifs is 1. The van der Waals surface area contributed by atoms with Crippen LogP contribution in [-0.4, -0.2) is 22.7 Å². The summed E-state index contributed by atoms with van der Waals surface area (Å²) in [5, 5.41) is 13.6. The molecule has 0 saturated heterocycles. The van der Waals surface area contributed by atoms with Crippen molar-refractivity contribution in [2.24, 2.45) is 7.05 Å². The molecule has 0 aliphatic heterocycles. The molecule has 6 nitrogen and oxygen atoms in total. The van der Waals surface area contributed by atoms with Crippen LogP contribution in [0.5, 0.6) is 11.5 Å². The highest BCUT2D eigenvalue weighted by Gasteiger charge is 2.21. The topological polar surface area (TPSA) is 80.6 Å². The molecule has 0 atom stereocenters. The number of benzene rings is 2. The van der Waals surface area contributed by atoms with Crippen LogP contribution < -0.4 is 15.6 Å². The summed E-state index contributed by atoms with van der Waals surface area (Å²) in [5.41, 5.74) is 1.23. The van der Waals surface area contributed by atoms with Gasteiger partial charge in [-0.05, 0) is 37.3 Å². The van der Waals surface area contributed by atoms with Crippen LogP contribution in [0.2, 0.25) is 0 Å². The Morgan fingerprint density at radius 3 is 2.48 bits per heavy atom. The van der Waals surface area contributed by atoms with Crippen LogP contribution in [0.25, 0.3) is 10.9 Å². The molecule has 6 heteroatoms. The Bertz CT molecular complexity index is 1020. The first kappa shape index (κ1) is 16.6. The number of aryl methyl sites for hydroxylation is 2. The molecule has 2 N–H and O–H groups in total. The Morgan fingerprint density at radius 1 is 1.16 bits per heavy atom. The van der Waals surface area contributed by atoms with Crippen molar-refractivity contribution in [3.63, 3.8) is 0 Å². The summed E-state index contributed by atoms with van der Waals surface area (Å²) in [7, 11) is 3.06. The Labute approximate surface area is 144 Å². The summed E-state index contributed by atoms with van der Waals surface area (Å²) in [6.45, 7) is 1.93. The van der Waals surface area contributed by atoms with Gasteiger partial charge in [0.1, 0.15) is 17.1 Å². The summed E-state index contributed by atoms with van der Waals surface area (Å²) in [4.78, 5) is 25.1. The number of aromatic nitrogens is 1. The lowest BCUT2D eigenvalue weighted by Gasteiger charge is -2.13. The maximum Gasteiger partial charge on any atom is 0.267 e. The molecule has 0 bridgehead atoms. The predicted octanol–water partition coefficient (Wildman–Crippen LogP) is 2.81. The van der Waals surface area contributed by atoms with Crippen molar-refractivity contribution in [1.29, 1.82) is 0 Å². The number of nitrogens with one attached hydrogen (secondary N) is 1. The average molecular weight is 338 g/mol. The van der Waals surface area contributed by atoms with E-state index >= 15 is 0 Å². The van der Waals surface area contributed by atoms with Gasteiger partial charge in [0, 0.05) is 18.1 Å². The van der Waals surface area contributed by atoms with Gasteiger partial charge in [-0.15, -0.1) is 0 Å². The molecule has 1 aromatic heterocycles. The second-order valence-corrected chi connectivity index (χ2v) is 5.79. The zero-order valence-electron chi connectivity index (χ0n) is 14.2. The van der Waals surface area contributed by atoms with Gasteiger partial charge in [-0.1, -0.05) is 17.7 Å². The minimum Gasteiger partial charge on any atom is -0.506 e. The van der Waals surface area contributed by atoms with Crippen molar-refractivity contribution >= 4 is 22.5 Å². The fourth-order valence-electron chi connectivity index (χ4n) is 2.67. The van der Waals surface area contributed by atoms with E-state index in [4.69, 9.17) is 4.74 Å². The Morgan fingerprint density at radius 2 is 1.84 bits per heavy atom. The SMILES string of the molecule is COc1ccc2c(c1)c(O)c(C(=O)Nc1ccc(C)cc1)c(=O)n2C. The third kappa shape index (κ3) is 2.94. The standard InChI is InChI=1S/C19H18N2O4/c1-11-4-6-12(7-5-11)20-18(23)16-17(22)14-10-13(25-3)8-9-15(14)21(2)19(16)24/h4-10,22H,1-3H3,(H,20,23). The van der Waals surface area contributed by atoms with Crippen molar-refractivity contribution in [1.82, 2.24) is 4.57 Å². The maximum absolute atomic E-state index is 12.6. The van der Waals surface area contributed by atoms with Gasteiger partial charge in [0.15, 0.2) is 0 Å². The molecular weight excluding hydrogens is 320 g/mol. The molecule has 0 saturated carbocycles. The van der Waals surface area contributed by atoms with E-state index in [0.29, 0.717) is 22.3 Å². The first-order valence-corrected chi connectivity index (χ1v) is 7.70. The average Bonchev–Trinajstić information content (AvgIpc) is 2.61. The van der Waals surface area contributed by atoms with Crippen molar-refractivity contribution in [3.05, 3.63) is 63.9 Å². The molecule has 128 valence electrons. The van der Waals surface area contributed by atoms with E-state index in [1.165, 1.54) is 11.7 Å². The monoisotopic (exact) mass is 338 g/mol. The highest BCUT2D eigenvalue weighted by atomic mass is 16.5. The van der Waals surface area contributed by atoms with Gasteiger partial charge in [-0.25, -0.2) is 0 Å². The Hall–Kier alpha value is -3.28. The van der Waals surface area contributed by atoms with Gasteiger partial charge in [0.25, 0.3) is 11.5 Å². The summed E-state index contributed by atoms with van der Waals surface area (Å²) in [5.74, 6) is -0.500. The van der Waals surface area contributed by atoms with E-state index in [2.05, 4.69) is 5.32 Å². The number of amides is 1. The van der Waals surface area contributed by atoms with Crippen molar-refractivity contribution < 1.29 is 14.6 Å². The minimum atomic E-state index is -0.660. The summed E-state index contributed by atoms with van der Waals surface area (Å²) >= 11 is 0. The van der Waals surface area contributed by atoms with Gasteiger partial charge in [0.2, 0.25) is 0 Å². The molecule has 2 aromatic carbocycles. The fraction of sp³-hybridized carbons (Fsp3) is 0.158. The van der Waals surface area contributed by atoms with Crippen LogP contribution in [0.15, 0.2) is 47.3 Å². The first-order valence-electron chi connectivity index (χ1n) is 7.70. The van der Waals surface area contributed by atoms with E-state index < -0.39 is 11.5 Å². The molecule has 25 heavy (non-hydrogen) atoms. The number of hydrogen-bond acceptors (Lipinski definition) is 4. The zero-order valence-corrected chi connectivity index (χ0v) is 14.2. The number of anilines is 1.